The van der Waals surface area contributed by atoms with Gasteiger partial charge in [-0.05, 0) is 44.0 Å². The summed E-state index contributed by atoms with van der Waals surface area (Å²) in [6.45, 7) is 4.03. The van der Waals surface area contributed by atoms with Crippen LogP contribution in [0, 0.1) is 6.92 Å². The van der Waals surface area contributed by atoms with Crippen molar-refractivity contribution in [2.45, 2.75) is 26.2 Å². The molecule has 2 aromatic heterocycles. The van der Waals surface area contributed by atoms with Gasteiger partial charge >= 0.3 is 0 Å². The Morgan fingerprint density at radius 3 is 2.96 bits per heavy atom. The molecule has 0 atom stereocenters. The summed E-state index contributed by atoms with van der Waals surface area (Å²) in [5, 5.41) is 9.16. The SMILES string of the molecule is Cc1nn(-c2cccc(Cl)c2)c2sc(C(=O)NCCCN3CCCC3=O)cc12. The molecule has 1 N–H and O–H groups in total. The first-order chi connectivity index (χ1) is 13.5. The summed E-state index contributed by atoms with van der Waals surface area (Å²) in [5.41, 5.74) is 1.74. The molecule has 8 heteroatoms. The minimum Gasteiger partial charge on any atom is -0.351 e. The van der Waals surface area contributed by atoms with Crippen LogP contribution in [0.15, 0.2) is 30.3 Å². The number of nitrogens with one attached hydrogen (secondary N) is 1. The fourth-order valence-corrected chi connectivity index (χ4v) is 4.73. The lowest BCUT2D eigenvalue weighted by Crippen LogP contribution is -2.30. The van der Waals surface area contributed by atoms with E-state index in [0.717, 1.165) is 41.0 Å². The van der Waals surface area contributed by atoms with E-state index >= 15 is 0 Å². The molecule has 0 bridgehead atoms. The fraction of sp³-hybridized carbons (Fsp3) is 0.350. The third-order valence-corrected chi connectivity index (χ3v) is 6.23. The Labute approximate surface area is 172 Å². The van der Waals surface area contributed by atoms with Crippen molar-refractivity contribution in [2.75, 3.05) is 19.6 Å². The highest BCUT2D eigenvalue weighted by Crippen LogP contribution is 2.31. The summed E-state index contributed by atoms with van der Waals surface area (Å²) in [7, 11) is 0. The number of halogens is 1. The second-order valence-electron chi connectivity index (χ2n) is 6.90. The van der Waals surface area contributed by atoms with Gasteiger partial charge in [0.15, 0.2) is 0 Å². The number of likely N-dealkylation sites (tertiary alicyclic amines) is 1. The third-order valence-electron chi connectivity index (χ3n) is 4.88. The number of thiophene rings is 1. The van der Waals surface area contributed by atoms with Crippen LogP contribution in [0.3, 0.4) is 0 Å². The van der Waals surface area contributed by atoms with Crippen LogP contribution in [0.5, 0.6) is 0 Å². The van der Waals surface area contributed by atoms with Crippen molar-refractivity contribution in [2.24, 2.45) is 0 Å². The summed E-state index contributed by atoms with van der Waals surface area (Å²) in [6.07, 6.45) is 2.35. The van der Waals surface area contributed by atoms with Crippen LogP contribution >= 0.6 is 22.9 Å². The number of amides is 2. The Hall–Kier alpha value is -2.38. The second-order valence-corrected chi connectivity index (χ2v) is 8.37. The van der Waals surface area contributed by atoms with Crippen LogP contribution in [0.4, 0.5) is 0 Å². The Kier molecular flexibility index (Phi) is 5.37. The maximum atomic E-state index is 12.6. The van der Waals surface area contributed by atoms with Crippen LogP contribution in [0.2, 0.25) is 5.02 Å². The number of aromatic nitrogens is 2. The predicted octanol–water partition coefficient (Wildman–Crippen LogP) is 3.79. The van der Waals surface area contributed by atoms with E-state index in [2.05, 4.69) is 10.4 Å². The summed E-state index contributed by atoms with van der Waals surface area (Å²) in [5.74, 6) is 0.128. The van der Waals surface area contributed by atoms with Crippen molar-refractivity contribution >= 4 is 45.0 Å². The molecule has 1 saturated heterocycles. The minimum absolute atomic E-state index is 0.0917. The standard InChI is InChI=1S/C20H21ClN4O2S/c1-13-16-12-17(19(27)22-8-4-10-24-9-3-7-18(24)26)28-20(16)25(23-13)15-6-2-5-14(21)11-15/h2,5-6,11-12H,3-4,7-10H2,1H3,(H,22,27). The Bertz CT molecular complexity index is 1040. The van der Waals surface area contributed by atoms with Gasteiger partial charge < -0.3 is 10.2 Å². The topological polar surface area (TPSA) is 67.2 Å². The van der Waals surface area contributed by atoms with Crippen molar-refractivity contribution in [1.29, 1.82) is 0 Å². The monoisotopic (exact) mass is 416 g/mol. The number of benzene rings is 1. The van der Waals surface area contributed by atoms with Crippen molar-refractivity contribution < 1.29 is 9.59 Å². The van der Waals surface area contributed by atoms with Crippen LogP contribution < -0.4 is 5.32 Å². The van der Waals surface area contributed by atoms with Crippen LogP contribution in [-0.2, 0) is 4.79 Å². The van der Waals surface area contributed by atoms with E-state index in [1.54, 1.807) is 0 Å². The van der Waals surface area contributed by atoms with E-state index in [-0.39, 0.29) is 11.8 Å². The van der Waals surface area contributed by atoms with Crippen molar-refractivity contribution in [3.05, 3.63) is 45.9 Å². The number of carbonyl (C=O) groups excluding carboxylic acids is 2. The van der Waals surface area contributed by atoms with Gasteiger partial charge in [0.1, 0.15) is 4.83 Å². The average Bonchev–Trinajstić information content (AvgIpc) is 3.36. The smallest absolute Gasteiger partial charge is 0.261 e. The van der Waals surface area contributed by atoms with Crippen molar-refractivity contribution in [3.63, 3.8) is 0 Å². The predicted molar refractivity (Wildman–Crippen MR) is 111 cm³/mol. The highest BCUT2D eigenvalue weighted by atomic mass is 35.5. The molecule has 1 aromatic carbocycles. The lowest BCUT2D eigenvalue weighted by atomic mass is 10.3. The number of carbonyl (C=O) groups is 2. The highest BCUT2D eigenvalue weighted by Gasteiger charge is 2.20. The molecule has 1 fully saturated rings. The van der Waals surface area contributed by atoms with Crippen LogP contribution in [0.25, 0.3) is 15.9 Å². The maximum Gasteiger partial charge on any atom is 0.261 e. The van der Waals surface area contributed by atoms with Gasteiger partial charge in [-0.3, -0.25) is 9.59 Å². The van der Waals surface area contributed by atoms with E-state index in [0.29, 0.717) is 29.4 Å². The Balaban J connectivity index is 1.45. The second kappa shape index (κ2) is 7.93. The average molecular weight is 417 g/mol. The molecule has 3 aromatic rings. The number of aryl methyl sites for hydroxylation is 1. The first kappa shape index (κ1) is 19.0. The zero-order valence-corrected chi connectivity index (χ0v) is 17.1. The number of nitrogens with zero attached hydrogens (tertiary/aromatic N) is 3. The van der Waals surface area contributed by atoms with Crippen LogP contribution in [0.1, 0.15) is 34.6 Å². The summed E-state index contributed by atoms with van der Waals surface area (Å²) >= 11 is 7.53. The molecule has 146 valence electrons. The molecule has 0 radical (unpaired) electrons. The first-order valence-corrected chi connectivity index (χ1v) is 10.5. The van der Waals surface area contributed by atoms with Gasteiger partial charge in [0, 0.05) is 36.5 Å². The summed E-state index contributed by atoms with van der Waals surface area (Å²) in [4.78, 5) is 27.6. The van der Waals surface area contributed by atoms with E-state index in [9.17, 15) is 9.59 Å². The van der Waals surface area contributed by atoms with Gasteiger partial charge in [0.05, 0.1) is 16.3 Å². The lowest BCUT2D eigenvalue weighted by molar-refractivity contribution is -0.127. The van der Waals surface area contributed by atoms with E-state index < -0.39 is 0 Å². The molecule has 1 aliphatic rings. The van der Waals surface area contributed by atoms with E-state index in [4.69, 9.17) is 11.6 Å². The molecule has 0 spiro atoms. The fourth-order valence-electron chi connectivity index (χ4n) is 3.44. The van der Waals surface area contributed by atoms with Crippen molar-refractivity contribution in [1.82, 2.24) is 20.0 Å². The molecular formula is C20H21ClN4O2S. The third kappa shape index (κ3) is 3.77. The molecule has 0 aliphatic carbocycles. The van der Waals surface area contributed by atoms with Gasteiger partial charge in [0.25, 0.3) is 5.91 Å². The normalized spacial score (nSPS) is 14.2. The maximum absolute atomic E-state index is 12.6. The summed E-state index contributed by atoms with van der Waals surface area (Å²) < 4.78 is 1.83. The molecule has 2 amide bonds. The summed E-state index contributed by atoms with van der Waals surface area (Å²) in [6, 6.07) is 9.39. The Morgan fingerprint density at radius 2 is 2.21 bits per heavy atom. The largest absolute Gasteiger partial charge is 0.351 e. The molecule has 3 heterocycles. The van der Waals surface area contributed by atoms with Crippen LogP contribution in [-0.4, -0.2) is 46.1 Å². The molecule has 28 heavy (non-hydrogen) atoms. The zero-order chi connectivity index (χ0) is 19.7. The molecule has 0 saturated carbocycles. The molecule has 1 aliphatic heterocycles. The van der Waals surface area contributed by atoms with Gasteiger partial charge in [-0.25, -0.2) is 4.68 Å². The van der Waals surface area contributed by atoms with Gasteiger partial charge in [-0.2, -0.15) is 5.10 Å². The molecule has 4 rings (SSSR count). The minimum atomic E-state index is -0.0917. The number of rotatable bonds is 6. The molecule has 6 nitrogen and oxygen atoms in total. The van der Waals surface area contributed by atoms with E-state index in [1.165, 1.54) is 11.3 Å². The van der Waals surface area contributed by atoms with Gasteiger partial charge in [0.2, 0.25) is 5.91 Å². The highest BCUT2D eigenvalue weighted by molar-refractivity contribution is 7.20. The Morgan fingerprint density at radius 1 is 1.36 bits per heavy atom. The van der Waals surface area contributed by atoms with E-state index in [1.807, 2.05) is 46.8 Å². The number of hydrogen-bond acceptors (Lipinski definition) is 4. The van der Waals surface area contributed by atoms with Gasteiger partial charge in [-0.15, -0.1) is 11.3 Å². The molecule has 0 unspecified atom stereocenters. The van der Waals surface area contributed by atoms with Gasteiger partial charge in [-0.1, -0.05) is 17.7 Å². The number of fused-ring (bicyclic) bond motifs is 1. The molecular weight excluding hydrogens is 396 g/mol. The first-order valence-electron chi connectivity index (χ1n) is 9.34. The number of hydrogen-bond donors (Lipinski definition) is 1. The lowest BCUT2D eigenvalue weighted by Gasteiger charge is -2.15. The quantitative estimate of drug-likeness (QED) is 0.621. The van der Waals surface area contributed by atoms with Crippen molar-refractivity contribution in [3.8, 4) is 5.69 Å². The zero-order valence-electron chi connectivity index (χ0n) is 15.6.